The van der Waals surface area contributed by atoms with Gasteiger partial charge in [-0.15, -0.1) is 0 Å². The van der Waals surface area contributed by atoms with Crippen molar-refractivity contribution in [2.24, 2.45) is 5.10 Å². The van der Waals surface area contributed by atoms with Crippen LogP contribution in [0.4, 0.5) is 0 Å². The number of rotatable bonds is 7. The lowest BCUT2D eigenvalue weighted by molar-refractivity contribution is -0.122. The lowest BCUT2D eigenvalue weighted by Crippen LogP contribution is -2.41. The van der Waals surface area contributed by atoms with E-state index in [-0.39, 0.29) is 18.0 Å². The van der Waals surface area contributed by atoms with Crippen molar-refractivity contribution in [1.29, 1.82) is 0 Å². The number of hydrazone groups is 1. The largest absolute Gasteiger partial charge is 0.494 e. The maximum absolute atomic E-state index is 12.2. The van der Waals surface area contributed by atoms with E-state index in [1.165, 1.54) is 0 Å². The SMILES string of the molecule is CCCOc1ccc(/C=N\NC(=O)C2CC(c3ccccc3)NN2)cc1. The molecule has 0 bridgehead atoms. The summed E-state index contributed by atoms with van der Waals surface area (Å²) in [7, 11) is 0. The highest BCUT2D eigenvalue weighted by Crippen LogP contribution is 2.21. The third-order valence-electron chi connectivity index (χ3n) is 4.16. The van der Waals surface area contributed by atoms with Crippen molar-refractivity contribution in [3.05, 3.63) is 65.7 Å². The first-order valence-electron chi connectivity index (χ1n) is 8.88. The Balaban J connectivity index is 1.47. The predicted molar refractivity (Wildman–Crippen MR) is 102 cm³/mol. The molecule has 0 aliphatic carbocycles. The first-order valence-corrected chi connectivity index (χ1v) is 8.88. The van der Waals surface area contributed by atoms with Gasteiger partial charge in [0.05, 0.1) is 12.8 Å². The van der Waals surface area contributed by atoms with Gasteiger partial charge in [0.2, 0.25) is 0 Å². The summed E-state index contributed by atoms with van der Waals surface area (Å²) >= 11 is 0. The quantitative estimate of drug-likeness (QED) is 0.529. The van der Waals surface area contributed by atoms with Crippen LogP contribution >= 0.6 is 0 Å². The third-order valence-corrected chi connectivity index (χ3v) is 4.16. The van der Waals surface area contributed by atoms with Crippen LogP contribution in [-0.4, -0.2) is 24.8 Å². The molecule has 26 heavy (non-hydrogen) atoms. The Morgan fingerprint density at radius 3 is 2.69 bits per heavy atom. The topological polar surface area (TPSA) is 74.8 Å². The molecule has 1 fully saturated rings. The minimum Gasteiger partial charge on any atom is -0.494 e. The summed E-state index contributed by atoms with van der Waals surface area (Å²) < 4.78 is 5.54. The summed E-state index contributed by atoms with van der Waals surface area (Å²) in [6.45, 7) is 2.77. The second-order valence-electron chi connectivity index (χ2n) is 6.19. The molecule has 2 aromatic carbocycles. The molecular weight excluding hydrogens is 328 g/mol. The Kier molecular flexibility index (Phi) is 6.35. The first kappa shape index (κ1) is 18.1. The van der Waals surface area contributed by atoms with Gasteiger partial charge in [0.25, 0.3) is 5.91 Å². The molecule has 2 atom stereocenters. The predicted octanol–water partition coefficient (Wildman–Crippen LogP) is 2.53. The van der Waals surface area contributed by atoms with E-state index in [1.807, 2.05) is 54.6 Å². The zero-order chi connectivity index (χ0) is 18.2. The summed E-state index contributed by atoms with van der Waals surface area (Å²) in [5, 5.41) is 4.04. The van der Waals surface area contributed by atoms with E-state index in [4.69, 9.17) is 4.74 Å². The number of nitrogens with zero attached hydrogens (tertiary/aromatic N) is 1. The highest BCUT2D eigenvalue weighted by molar-refractivity contribution is 5.85. The standard InChI is InChI=1S/C20H24N4O2/c1-2-12-26-17-10-8-15(9-11-17)14-21-24-20(25)19-13-18(22-23-19)16-6-4-3-5-7-16/h3-11,14,18-19,22-23H,2,12-13H2,1H3,(H,24,25)/b21-14-. The normalized spacial score (nSPS) is 19.6. The maximum atomic E-state index is 12.2. The fourth-order valence-electron chi connectivity index (χ4n) is 2.75. The van der Waals surface area contributed by atoms with Crippen molar-refractivity contribution >= 4 is 12.1 Å². The molecule has 0 radical (unpaired) electrons. The van der Waals surface area contributed by atoms with E-state index in [2.05, 4.69) is 28.3 Å². The molecule has 3 N–H and O–H groups in total. The number of carbonyl (C=O) groups excluding carboxylic acids is 1. The second kappa shape index (κ2) is 9.12. The van der Waals surface area contributed by atoms with Crippen LogP contribution in [0.5, 0.6) is 5.75 Å². The Labute approximate surface area is 153 Å². The number of nitrogens with one attached hydrogen (secondary N) is 3. The van der Waals surface area contributed by atoms with E-state index in [0.29, 0.717) is 13.0 Å². The zero-order valence-corrected chi connectivity index (χ0v) is 14.8. The van der Waals surface area contributed by atoms with Gasteiger partial charge in [0.15, 0.2) is 0 Å². The fourth-order valence-corrected chi connectivity index (χ4v) is 2.75. The van der Waals surface area contributed by atoms with Crippen LogP contribution in [0.25, 0.3) is 0 Å². The molecular formula is C20H24N4O2. The number of benzene rings is 2. The highest BCUT2D eigenvalue weighted by atomic mass is 16.5. The summed E-state index contributed by atoms with van der Waals surface area (Å²) in [4.78, 5) is 12.2. The van der Waals surface area contributed by atoms with Crippen molar-refractivity contribution in [3.63, 3.8) is 0 Å². The molecule has 0 saturated carbocycles. The molecule has 3 rings (SSSR count). The zero-order valence-electron chi connectivity index (χ0n) is 14.8. The molecule has 1 aliphatic heterocycles. The molecule has 6 nitrogen and oxygen atoms in total. The maximum Gasteiger partial charge on any atom is 0.258 e. The van der Waals surface area contributed by atoms with Gasteiger partial charge in [-0.25, -0.2) is 16.3 Å². The van der Waals surface area contributed by atoms with Gasteiger partial charge >= 0.3 is 0 Å². The lowest BCUT2D eigenvalue weighted by atomic mass is 10.0. The van der Waals surface area contributed by atoms with E-state index in [9.17, 15) is 4.79 Å². The number of carbonyl (C=O) groups is 1. The van der Waals surface area contributed by atoms with Gasteiger partial charge in [0, 0.05) is 6.04 Å². The molecule has 2 unspecified atom stereocenters. The van der Waals surface area contributed by atoms with E-state index >= 15 is 0 Å². The Morgan fingerprint density at radius 2 is 1.96 bits per heavy atom. The summed E-state index contributed by atoms with van der Waals surface area (Å²) in [5.41, 5.74) is 10.8. The molecule has 6 heteroatoms. The van der Waals surface area contributed by atoms with E-state index in [1.54, 1.807) is 6.21 Å². The Morgan fingerprint density at radius 1 is 1.19 bits per heavy atom. The van der Waals surface area contributed by atoms with Gasteiger partial charge in [-0.3, -0.25) is 4.79 Å². The van der Waals surface area contributed by atoms with Gasteiger partial charge in [-0.05, 0) is 48.2 Å². The molecule has 1 amide bonds. The number of hydrogen-bond donors (Lipinski definition) is 3. The van der Waals surface area contributed by atoms with E-state index in [0.717, 1.165) is 23.3 Å². The Hall–Kier alpha value is -2.70. The van der Waals surface area contributed by atoms with Crippen molar-refractivity contribution in [3.8, 4) is 5.75 Å². The van der Waals surface area contributed by atoms with Crippen LogP contribution in [0.1, 0.15) is 36.9 Å². The Bertz CT molecular complexity index is 731. The molecule has 0 spiro atoms. The van der Waals surface area contributed by atoms with Gasteiger partial charge in [-0.2, -0.15) is 5.10 Å². The molecule has 2 aromatic rings. The molecule has 1 heterocycles. The summed E-state index contributed by atoms with van der Waals surface area (Å²) in [6.07, 6.45) is 3.28. The van der Waals surface area contributed by atoms with Crippen LogP contribution in [0.3, 0.4) is 0 Å². The molecule has 0 aromatic heterocycles. The second-order valence-corrected chi connectivity index (χ2v) is 6.19. The average molecular weight is 352 g/mol. The van der Waals surface area contributed by atoms with Crippen LogP contribution in [0.2, 0.25) is 0 Å². The van der Waals surface area contributed by atoms with Crippen LogP contribution in [0, 0.1) is 0 Å². The van der Waals surface area contributed by atoms with Gasteiger partial charge < -0.3 is 4.74 Å². The van der Waals surface area contributed by atoms with Crippen LogP contribution < -0.4 is 21.0 Å². The van der Waals surface area contributed by atoms with E-state index < -0.39 is 0 Å². The number of hydrazine groups is 1. The molecule has 1 saturated heterocycles. The minimum absolute atomic E-state index is 0.117. The molecule has 1 aliphatic rings. The van der Waals surface area contributed by atoms with Crippen molar-refractivity contribution in [2.45, 2.75) is 31.8 Å². The minimum atomic E-state index is -0.317. The average Bonchev–Trinajstić information content (AvgIpc) is 3.18. The summed E-state index contributed by atoms with van der Waals surface area (Å²) in [5.74, 6) is 0.677. The highest BCUT2D eigenvalue weighted by Gasteiger charge is 2.29. The fraction of sp³-hybridized carbons (Fsp3) is 0.300. The van der Waals surface area contributed by atoms with Crippen LogP contribution in [-0.2, 0) is 4.79 Å². The smallest absolute Gasteiger partial charge is 0.258 e. The monoisotopic (exact) mass is 352 g/mol. The van der Waals surface area contributed by atoms with Crippen molar-refractivity contribution in [1.82, 2.24) is 16.3 Å². The van der Waals surface area contributed by atoms with Gasteiger partial charge in [0.1, 0.15) is 11.8 Å². The number of hydrogen-bond acceptors (Lipinski definition) is 5. The summed E-state index contributed by atoms with van der Waals surface area (Å²) in [6, 6.07) is 17.5. The lowest BCUT2D eigenvalue weighted by Gasteiger charge is -2.08. The van der Waals surface area contributed by atoms with Crippen molar-refractivity contribution in [2.75, 3.05) is 6.61 Å². The van der Waals surface area contributed by atoms with Gasteiger partial charge in [-0.1, -0.05) is 37.3 Å². The third kappa shape index (κ3) is 4.91. The number of ether oxygens (including phenoxy) is 1. The van der Waals surface area contributed by atoms with Crippen LogP contribution in [0.15, 0.2) is 59.7 Å². The molecule has 136 valence electrons. The number of amides is 1. The van der Waals surface area contributed by atoms with Crippen molar-refractivity contribution < 1.29 is 9.53 Å². The first-order chi connectivity index (χ1) is 12.8.